The number of hydrogen-bond acceptors (Lipinski definition) is 3. The van der Waals surface area contributed by atoms with Crippen molar-refractivity contribution in [1.82, 2.24) is 5.32 Å². The fourth-order valence-electron chi connectivity index (χ4n) is 0.931. The van der Waals surface area contributed by atoms with Crippen LogP contribution in [0.2, 0.25) is 0 Å². The molecule has 1 heterocycles. The van der Waals surface area contributed by atoms with Gasteiger partial charge >= 0.3 is 5.97 Å². The van der Waals surface area contributed by atoms with Crippen molar-refractivity contribution in [2.75, 3.05) is 7.11 Å². The molecule has 1 N–H and O–H groups in total. The van der Waals surface area contributed by atoms with Gasteiger partial charge in [-0.15, -0.1) is 0 Å². The molecule has 0 saturated heterocycles. The highest BCUT2D eigenvalue weighted by Gasteiger charge is 2.13. The van der Waals surface area contributed by atoms with Gasteiger partial charge in [0.15, 0.2) is 0 Å². The van der Waals surface area contributed by atoms with E-state index < -0.39 is 0 Å². The molecule has 0 aromatic rings. The first-order valence-electron chi connectivity index (χ1n) is 3.31. The Kier molecular flexibility index (Phi) is 2.31. The molecule has 0 bridgehead atoms. The van der Waals surface area contributed by atoms with Crippen molar-refractivity contribution in [3.63, 3.8) is 0 Å². The molecule has 1 rings (SSSR count). The van der Waals surface area contributed by atoms with Crippen LogP contribution in [0.3, 0.4) is 0 Å². The van der Waals surface area contributed by atoms with Crippen molar-refractivity contribution in [3.05, 3.63) is 12.3 Å². The van der Waals surface area contributed by atoms with Crippen LogP contribution in [0.5, 0.6) is 0 Å². The number of carbonyl (C=O) groups is 1. The fourth-order valence-corrected chi connectivity index (χ4v) is 0.931. The lowest BCUT2D eigenvalue weighted by atomic mass is 10.2. The molecule has 1 aliphatic rings. The summed E-state index contributed by atoms with van der Waals surface area (Å²) in [5, 5.41) is 3.04. The Morgan fingerprint density at radius 2 is 2.70 bits per heavy atom. The molecular weight excluding hydrogens is 130 g/mol. The van der Waals surface area contributed by atoms with Crippen LogP contribution in [-0.2, 0) is 9.53 Å². The van der Waals surface area contributed by atoms with E-state index in [2.05, 4.69) is 10.1 Å². The van der Waals surface area contributed by atoms with E-state index in [-0.39, 0.29) is 12.0 Å². The van der Waals surface area contributed by atoms with Gasteiger partial charge in [0.2, 0.25) is 0 Å². The molecule has 56 valence electrons. The molecule has 1 unspecified atom stereocenters. The molecule has 3 nitrogen and oxygen atoms in total. The second-order valence-corrected chi connectivity index (χ2v) is 2.28. The van der Waals surface area contributed by atoms with Crippen molar-refractivity contribution in [2.24, 2.45) is 0 Å². The van der Waals surface area contributed by atoms with Gasteiger partial charge in [0, 0.05) is 6.04 Å². The van der Waals surface area contributed by atoms with Gasteiger partial charge in [0.1, 0.15) is 0 Å². The molecular formula is C7H11NO2. The summed E-state index contributed by atoms with van der Waals surface area (Å²) in [6.07, 6.45) is 5.26. The van der Waals surface area contributed by atoms with E-state index >= 15 is 0 Å². The molecule has 0 spiro atoms. The predicted octanol–water partition coefficient (Wildman–Crippen LogP) is 0.425. The van der Waals surface area contributed by atoms with E-state index in [1.807, 2.05) is 12.3 Å². The first-order chi connectivity index (χ1) is 4.83. The molecule has 0 amide bonds. The zero-order valence-electron chi connectivity index (χ0n) is 5.96. The Morgan fingerprint density at radius 3 is 3.20 bits per heavy atom. The summed E-state index contributed by atoms with van der Waals surface area (Å²) in [5.41, 5.74) is 0. The van der Waals surface area contributed by atoms with Gasteiger partial charge in [-0.1, -0.05) is 6.08 Å². The minimum absolute atomic E-state index is 0.152. The molecule has 10 heavy (non-hydrogen) atoms. The van der Waals surface area contributed by atoms with Crippen molar-refractivity contribution in [3.8, 4) is 0 Å². The summed E-state index contributed by atoms with van der Waals surface area (Å²) >= 11 is 0. The second-order valence-electron chi connectivity index (χ2n) is 2.28. The third-order valence-corrected chi connectivity index (χ3v) is 1.51. The van der Waals surface area contributed by atoms with Crippen LogP contribution in [0.1, 0.15) is 12.8 Å². The normalized spacial score (nSPS) is 22.3. The third kappa shape index (κ3) is 1.76. The van der Waals surface area contributed by atoms with E-state index in [4.69, 9.17) is 0 Å². The van der Waals surface area contributed by atoms with Gasteiger partial charge in [0.05, 0.1) is 13.5 Å². The predicted molar refractivity (Wildman–Crippen MR) is 37.3 cm³/mol. The van der Waals surface area contributed by atoms with Gasteiger partial charge < -0.3 is 10.1 Å². The average molecular weight is 141 g/mol. The Hall–Kier alpha value is -0.990. The summed E-state index contributed by atoms with van der Waals surface area (Å²) in [7, 11) is 1.41. The molecule has 1 aliphatic heterocycles. The summed E-state index contributed by atoms with van der Waals surface area (Å²) in [6.45, 7) is 0. The summed E-state index contributed by atoms with van der Waals surface area (Å²) in [6, 6.07) is 0.257. The molecule has 0 aromatic heterocycles. The Balaban J connectivity index is 2.19. The smallest absolute Gasteiger partial charge is 0.307 e. The molecule has 0 fully saturated rings. The minimum Gasteiger partial charge on any atom is -0.469 e. The average Bonchev–Trinajstić information content (AvgIpc) is 2.40. The highest BCUT2D eigenvalue weighted by molar-refractivity contribution is 5.70. The molecule has 0 aliphatic carbocycles. The third-order valence-electron chi connectivity index (χ3n) is 1.51. The number of esters is 1. The topological polar surface area (TPSA) is 38.3 Å². The van der Waals surface area contributed by atoms with Crippen LogP contribution in [-0.4, -0.2) is 19.1 Å². The van der Waals surface area contributed by atoms with Crippen LogP contribution in [0.25, 0.3) is 0 Å². The van der Waals surface area contributed by atoms with Gasteiger partial charge in [0.25, 0.3) is 0 Å². The highest BCUT2D eigenvalue weighted by Crippen LogP contribution is 2.05. The molecule has 1 atom stereocenters. The summed E-state index contributed by atoms with van der Waals surface area (Å²) in [5.74, 6) is -0.152. The summed E-state index contributed by atoms with van der Waals surface area (Å²) < 4.78 is 4.51. The van der Waals surface area contributed by atoms with E-state index in [1.54, 1.807) is 0 Å². The van der Waals surface area contributed by atoms with E-state index in [0.29, 0.717) is 6.42 Å². The maximum Gasteiger partial charge on any atom is 0.307 e. The number of hydrogen-bond donors (Lipinski definition) is 1. The summed E-state index contributed by atoms with van der Waals surface area (Å²) in [4.78, 5) is 10.7. The maximum absolute atomic E-state index is 10.7. The SMILES string of the molecule is COC(=O)CC1CC=CN1. The zero-order chi connectivity index (χ0) is 7.40. The Labute approximate surface area is 60.1 Å². The second kappa shape index (κ2) is 3.25. The molecule has 0 saturated carbocycles. The van der Waals surface area contributed by atoms with Crippen molar-refractivity contribution >= 4 is 5.97 Å². The monoisotopic (exact) mass is 141 g/mol. The number of ether oxygens (including phenoxy) is 1. The molecule has 0 radical (unpaired) electrons. The first kappa shape index (κ1) is 7.12. The number of carbonyl (C=O) groups excluding carboxylic acids is 1. The van der Waals surface area contributed by atoms with Crippen LogP contribution in [0, 0.1) is 0 Å². The van der Waals surface area contributed by atoms with E-state index in [1.165, 1.54) is 7.11 Å². The lowest BCUT2D eigenvalue weighted by molar-refractivity contribution is -0.141. The van der Waals surface area contributed by atoms with Gasteiger partial charge in [-0.25, -0.2) is 0 Å². The fraction of sp³-hybridized carbons (Fsp3) is 0.571. The number of nitrogens with one attached hydrogen (secondary N) is 1. The van der Waals surface area contributed by atoms with Crippen molar-refractivity contribution < 1.29 is 9.53 Å². The largest absolute Gasteiger partial charge is 0.469 e. The van der Waals surface area contributed by atoms with E-state index in [0.717, 1.165) is 6.42 Å². The van der Waals surface area contributed by atoms with Crippen LogP contribution >= 0.6 is 0 Å². The standard InChI is InChI=1S/C7H11NO2/c1-10-7(9)5-6-3-2-4-8-6/h2,4,6,8H,3,5H2,1H3. The highest BCUT2D eigenvalue weighted by atomic mass is 16.5. The molecule has 3 heteroatoms. The zero-order valence-corrected chi connectivity index (χ0v) is 5.96. The molecule has 0 aromatic carbocycles. The lowest BCUT2D eigenvalue weighted by Gasteiger charge is -2.07. The Morgan fingerprint density at radius 1 is 1.90 bits per heavy atom. The van der Waals surface area contributed by atoms with Gasteiger partial charge in [-0.2, -0.15) is 0 Å². The van der Waals surface area contributed by atoms with Crippen molar-refractivity contribution in [2.45, 2.75) is 18.9 Å². The van der Waals surface area contributed by atoms with Gasteiger partial charge in [-0.05, 0) is 12.6 Å². The number of methoxy groups -OCH3 is 1. The van der Waals surface area contributed by atoms with E-state index in [9.17, 15) is 4.79 Å². The quantitative estimate of drug-likeness (QED) is 0.566. The van der Waals surface area contributed by atoms with Crippen molar-refractivity contribution in [1.29, 1.82) is 0 Å². The lowest BCUT2D eigenvalue weighted by Crippen LogP contribution is -2.23. The Bertz CT molecular complexity index is 146. The van der Waals surface area contributed by atoms with Gasteiger partial charge in [-0.3, -0.25) is 4.79 Å². The number of rotatable bonds is 2. The first-order valence-corrected chi connectivity index (χ1v) is 3.31. The maximum atomic E-state index is 10.7. The van der Waals surface area contributed by atoms with Crippen LogP contribution in [0.15, 0.2) is 12.3 Å². The van der Waals surface area contributed by atoms with Crippen LogP contribution in [0.4, 0.5) is 0 Å². The minimum atomic E-state index is -0.152. The van der Waals surface area contributed by atoms with Crippen LogP contribution < -0.4 is 5.32 Å².